The van der Waals surface area contributed by atoms with E-state index in [-0.39, 0.29) is 12.3 Å². The highest BCUT2D eigenvalue weighted by Gasteiger charge is 2.29. The number of aryl methyl sites for hydroxylation is 2. The molecule has 0 amide bonds. The Bertz CT molecular complexity index is 517. The Hall–Kier alpha value is -0.850. The zero-order valence-electron chi connectivity index (χ0n) is 12.0. The Balaban J connectivity index is 2.73. The van der Waals surface area contributed by atoms with Crippen LogP contribution in [-0.2, 0) is 15.6 Å². The van der Waals surface area contributed by atoms with Gasteiger partial charge in [-0.05, 0) is 33.3 Å². The van der Waals surface area contributed by atoms with Gasteiger partial charge in [-0.1, -0.05) is 13.3 Å². The Morgan fingerprint density at radius 3 is 2.53 bits per heavy atom. The molecular weight excluding hydrogens is 266 g/mol. The van der Waals surface area contributed by atoms with Crippen molar-refractivity contribution in [2.24, 2.45) is 0 Å². The normalized spacial score (nSPS) is 15.4. The molecule has 1 heterocycles. The number of rotatable bonds is 7. The van der Waals surface area contributed by atoms with E-state index in [1.165, 1.54) is 0 Å². The van der Waals surface area contributed by atoms with Crippen molar-refractivity contribution in [2.75, 3.05) is 12.3 Å². The molecule has 0 saturated carbocycles. The van der Waals surface area contributed by atoms with E-state index in [1.54, 1.807) is 26.8 Å². The van der Waals surface area contributed by atoms with Crippen molar-refractivity contribution in [2.45, 2.75) is 46.1 Å². The molecule has 0 radical (unpaired) electrons. The topological polar surface area (TPSA) is 79.5 Å². The van der Waals surface area contributed by atoms with Crippen LogP contribution in [0.1, 0.15) is 43.8 Å². The molecule has 110 valence electrons. The minimum atomic E-state index is -3.33. The number of sulfonamides is 1. The van der Waals surface area contributed by atoms with Gasteiger partial charge in [0.1, 0.15) is 17.1 Å². The van der Waals surface area contributed by atoms with Crippen LogP contribution in [0, 0.1) is 13.8 Å². The highest BCUT2D eigenvalue weighted by atomic mass is 32.2. The van der Waals surface area contributed by atoms with Crippen molar-refractivity contribution >= 4 is 10.0 Å². The van der Waals surface area contributed by atoms with Gasteiger partial charge in [0, 0.05) is 12.1 Å². The summed E-state index contributed by atoms with van der Waals surface area (Å²) in [5, 5.41) is 10.4. The highest BCUT2D eigenvalue weighted by molar-refractivity contribution is 7.89. The molecule has 5 nitrogen and oxygen atoms in total. The number of aliphatic hydroxyl groups is 1. The van der Waals surface area contributed by atoms with Crippen LogP contribution in [-0.4, -0.2) is 25.8 Å². The first-order chi connectivity index (χ1) is 8.68. The lowest BCUT2D eigenvalue weighted by Crippen LogP contribution is -2.39. The molecule has 0 bridgehead atoms. The van der Waals surface area contributed by atoms with Gasteiger partial charge in [0.05, 0.1) is 5.75 Å². The zero-order valence-corrected chi connectivity index (χ0v) is 12.8. The number of nitrogens with one attached hydrogen (secondary N) is 1. The van der Waals surface area contributed by atoms with Crippen molar-refractivity contribution in [1.82, 2.24) is 4.72 Å². The van der Waals surface area contributed by atoms with Gasteiger partial charge in [-0.3, -0.25) is 0 Å². The smallest absolute Gasteiger partial charge is 0.211 e. The fourth-order valence-corrected chi connectivity index (χ4v) is 3.23. The maximum atomic E-state index is 11.7. The SMILES string of the molecule is CCCCS(=O)(=O)NCC(C)(O)c1cc(C)oc1C. The minimum Gasteiger partial charge on any atom is -0.466 e. The first-order valence-corrected chi connectivity index (χ1v) is 8.10. The molecule has 0 fully saturated rings. The average Bonchev–Trinajstić information content (AvgIpc) is 2.65. The third-order valence-corrected chi connectivity index (χ3v) is 4.43. The van der Waals surface area contributed by atoms with E-state index in [4.69, 9.17) is 4.42 Å². The third kappa shape index (κ3) is 4.63. The summed E-state index contributed by atoms with van der Waals surface area (Å²) in [5.74, 6) is 1.39. The standard InChI is InChI=1S/C13H23NO4S/c1-5-6-7-19(16,17)14-9-13(4,15)12-8-10(2)18-11(12)3/h8,14-15H,5-7,9H2,1-4H3. The fourth-order valence-electron chi connectivity index (χ4n) is 1.92. The summed E-state index contributed by atoms with van der Waals surface area (Å²) in [6.45, 7) is 7.00. The fraction of sp³-hybridized carbons (Fsp3) is 0.692. The lowest BCUT2D eigenvalue weighted by Gasteiger charge is -2.23. The first-order valence-electron chi connectivity index (χ1n) is 6.45. The summed E-state index contributed by atoms with van der Waals surface area (Å²) in [5.41, 5.74) is -0.663. The lowest BCUT2D eigenvalue weighted by atomic mass is 9.97. The summed E-state index contributed by atoms with van der Waals surface area (Å²) in [6, 6.07) is 1.73. The van der Waals surface area contributed by atoms with E-state index in [1.807, 2.05) is 6.92 Å². The molecule has 1 rings (SSSR count). The van der Waals surface area contributed by atoms with Crippen molar-refractivity contribution in [3.05, 3.63) is 23.2 Å². The minimum absolute atomic E-state index is 0.0567. The summed E-state index contributed by atoms with van der Waals surface area (Å²) >= 11 is 0. The van der Waals surface area contributed by atoms with Gasteiger partial charge in [-0.15, -0.1) is 0 Å². The average molecular weight is 289 g/mol. The molecule has 0 aliphatic heterocycles. The van der Waals surface area contributed by atoms with Crippen LogP contribution in [0.4, 0.5) is 0 Å². The Labute approximate surface area is 115 Å². The second-order valence-corrected chi connectivity index (χ2v) is 7.02. The summed E-state index contributed by atoms with van der Waals surface area (Å²) in [4.78, 5) is 0. The van der Waals surface area contributed by atoms with Crippen molar-refractivity contribution in [3.63, 3.8) is 0 Å². The van der Waals surface area contributed by atoms with Crippen LogP contribution in [0.2, 0.25) is 0 Å². The number of hydrogen-bond acceptors (Lipinski definition) is 4. The summed E-state index contributed by atoms with van der Waals surface area (Å²) < 4.78 is 31.2. The van der Waals surface area contributed by atoms with Gasteiger partial charge >= 0.3 is 0 Å². The Kier molecular flexibility index (Phi) is 5.18. The number of furan rings is 1. The molecule has 1 aromatic heterocycles. The first kappa shape index (κ1) is 16.2. The van der Waals surface area contributed by atoms with Crippen LogP contribution in [0.15, 0.2) is 10.5 Å². The van der Waals surface area contributed by atoms with Gasteiger partial charge in [0.15, 0.2) is 0 Å². The summed E-state index contributed by atoms with van der Waals surface area (Å²) in [7, 11) is -3.33. The van der Waals surface area contributed by atoms with E-state index >= 15 is 0 Å². The molecular formula is C13H23NO4S. The van der Waals surface area contributed by atoms with Crippen molar-refractivity contribution in [1.29, 1.82) is 0 Å². The van der Waals surface area contributed by atoms with Gasteiger partial charge in [-0.2, -0.15) is 0 Å². The Morgan fingerprint density at radius 2 is 2.05 bits per heavy atom. The third-order valence-electron chi connectivity index (χ3n) is 3.02. The molecule has 19 heavy (non-hydrogen) atoms. The van der Waals surface area contributed by atoms with Crippen molar-refractivity contribution < 1.29 is 17.9 Å². The maximum absolute atomic E-state index is 11.7. The zero-order chi connectivity index (χ0) is 14.7. The van der Waals surface area contributed by atoms with Gasteiger partial charge in [0.2, 0.25) is 10.0 Å². The second-order valence-electron chi connectivity index (χ2n) is 5.09. The van der Waals surface area contributed by atoms with Crippen LogP contribution in [0.5, 0.6) is 0 Å². The van der Waals surface area contributed by atoms with E-state index in [9.17, 15) is 13.5 Å². The van der Waals surface area contributed by atoms with Gasteiger partial charge < -0.3 is 9.52 Å². The van der Waals surface area contributed by atoms with Crippen LogP contribution >= 0.6 is 0 Å². The monoisotopic (exact) mass is 289 g/mol. The van der Waals surface area contributed by atoms with Crippen LogP contribution in [0.3, 0.4) is 0 Å². The van der Waals surface area contributed by atoms with E-state index in [2.05, 4.69) is 4.72 Å². The predicted molar refractivity (Wildman–Crippen MR) is 74.5 cm³/mol. The van der Waals surface area contributed by atoms with Gasteiger partial charge in [0.25, 0.3) is 0 Å². The van der Waals surface area contributed by atoms with Crippen LogP contribution in [0.25, 0.3) is 0 Å². The summed E-state index contributed by atoms with van der Waals surface area (Å²) in [6.07, 6.45) is 1.43. The molecule has 1 atom stereocenters. The molecule has 0 aliphatic carbocycles. The van der Waals surface area contributed by atoms with Gasteiger partial charge in [-0.25, -0.2) is 13.1 Å². The molecule has 6 heteroatoms. The molecule has 0 spiro atoms. The van der Waals surface area contributed by atoms with Crippen molar-refractivity contribution in [3.8, 4) is 0 Å². The largest absolute Gasteiger partial charge is 0.466 e. The van der Waals surface area contributed by atoms with Crippen LogP contribution < -0.4 is 4.72 Å². The molecule has 1 aromatic rings. The second kappa shape index (κ2) is 6.07. The lowest BCUT2D eigenvalue weighted by molar-refractivity contribution is 0.0612. The molecule has 0 aromatic carbocycles. The quantitative estimate of drug-likeness (QED) is 0.802. The molecule has 0 aliphatic rings. The number of hydrogen-bond donors (Lipinski definition) is 2. The highest BCUT2D eigenvalue weighted by Crippen LogP contribution is 2.26. The van der Waals surface area contributed by atoms with E-state index < -0.39 is 15.6 Å². The predicted octanol–water partition coefficient (Wildman–Crippen LogP) is 1.82. The molecule has 1 unspecified atom stereocenters. The molecule has 2 N–H and O–H groups in total. The molecule has 0 saturated heterocycles. The van der Waals surface area contributed by atoms with E-state index in [0.717, 1.165) is 6.42 Å². The Morgan fingerprint density at radius 1 is 1.42 bits per heavy atom. The maximum Gasteiger partial charge on any atom is 0.211 e. The number of unbranched alkanes of at least 4 members (excludes halogenated alkanes) is 1. The van der Waals surface area contributed by atoms with E-state index in [0.29, 0.717) is 23.5 Å².